The quantitative estimate of drug-likeness (QED) is 0.454. The van der Waals surface area contributed by atoms with Gasteiger partial charge in [0.05, 0.1) is 15.6 Å². The number of halogens is 2. The zero-order valence-electron chi connectivity index (χ0n) is 12.6. The highest BCUT2D eigenvalue weighted by Crippen LogP contribution is 2.24. The number of Topliss-reactive ketones (excluding diaryl/α,β-unsaturated/α-hetero) is 2. The highest BCUT2D eigenvalue weighted by atomic mass is 35.5. The van der Waals surface area contributed by atoms with E-state index < -0.39 is 0 Å². The highest BCUT2D eigenvalue weighted by Gasteiger charge is 2.21. The van der Waals surface area contributed by atoms with E-state index in [4.69, 9.17) is 23.2 Å². The molecule has 0 aliphatic carbocycles. The maximum atomic E-state index is 12.4. The van der Waals surface area contributed by atoms with Crippen molar-refractivity contribution >= 4 is 40.8 Å². The summed E-state index contributed by atoms with van der Waals surface area (Å²) in [5.41, 5.74) is 0.864. The molecule has 0 saturated carbocycles. The summed E-state index contributed by atoms with van der Waals surface area (Å²) in [6.07, 6.45) is 1.57. The molecule has 5 heteroatoms. The zero-order valence-corrected chi connectivity index (χ0v) is 14.1. The third-order valence-corrected chi connectivity index (χ3v) is 3.73. The molecule has 1 aromatic rings. The predicted octanol–water partition coefficient (Wildman–Crippen LogP) is 3.73. The minimum Gasteiger partial charge on any atom is -0.309 e. The Labute approximate surface area is 135 Å². The molecule has 1 atom stereocenters. The maximum Gasteiger partial charge on any atom is 0.170 e. The lowest BCUT2D eigenvalue weighted by molar-refractivity contribution is -0.122. The van der Waals surface area contributed by atoms with Crippen LogP contribution < -0.4 is 0 Å². The number of carbonyl (C=O) groups excluding carboxylic acids is 2. The normalized spacial score (nSPS) is 13.4. The smallest absolute Gasteiger partial charge is 0.170 e. The molecule has 0 aliphatic heterocycles. The van der Waals surface area contributed by atoms with E-state index in [2.05, 4.69) is 0 Å². The van der Waals surface area contributed by atoms with Gasteiger partial charge in [-0.15, -0.1) is 0 Å². The fourth-order valence-corrected chi connectivity index (χ4v) is 2.32. The van der Waals surface area contributed by atoms with E-state index >= 15 is 0 Å². The average molecular weight is 328 g/mol. The number of carbonyl (C=O) groups is 2. The van der Waals surface area contributed by atoms with E-state index in [1.807, 2.05) is 25.9 Å². The molecule has 0 amide bonds. The van der Waals surface area contributed by atoms with Gasteiger partial charge < -0.3 is 4.90 Å². The maximum absolute atomic E-state index is 12.4. The number of allylic oxidation sites excluding steroid dienone is 1. The standard InChI is InChI=1S/C16H19Cl2NO2/c1-10(9-19(3)4)16(21)13(11(2)20)7-12-5-6-14(17)15(18)8-12/h5-8,10H,9H2,1-4H3/b13-7-/t10-/m1/s1. The average Bonchev–Trinajstić information content (AvgIpc) is 2.38. The van der Waals surface area contributed by atoms with Crippen molar-refractivity contribution in [3.63, 3.8) is 0 Å². The number of benzene rings is 1. The molecule has 0 spiro atoms. The van der Waals surface area contributed by atoms with Gasteiger partial charge in [-0.1, -0.05) is 36.2 Å². The van der Waals surface area contributed by atoms with Crippen LogP contribution in [0.15, 0.2) is 23.8 Å². The monoisotopic (exact) mass is 327 g/mol. The van der Waals surface area contributed by atoms with Gasteiger partial charge in [0.2, 0.25) is 0 Å². The molecule has 1 aromatic carbocycles. The van der Waals surface area contributed by atoms with Crippen LogP contribution in [0.5, 0.6) is 0 Å². The molecular formula is C16H19Cl2NO2. The Kier molecular flexibility index (Phi) is 6.59. The highest BCUT2D eigenvalue weighted by molar-refractivity contribution is 6.42. The Bertz CT molecular complexity index is 580. The van der Waals surface area contributed by atoms with E-state index in [9.17, 15) is 9.59 Å². The molecule has 1 rings (SSSR count). The number of rotatable bonds is 6. The van der Waals surface area contributed by atoms with Crippen molar-refractivity contribution in [2.24, 2.45) is 5.92 Å². The Hall–Kier alpha value is -1.16. The van der Waals surface area contributed by atoms with Gasteiger partial charge in [-0.3, -0.25) is 9.59 Å². The molecule has 114 valence electrons. The summed E-state index contributed by atoms with van der Waals surface area (Å²) in [6, 6.07) is 5.00. The Morgan fingerprint density at radius 3 is 2.33 bits per heavy atom. The lowest BCUT2D eigenvalue weighted by Gasteiger charge is -2.16. The summed E-state index contributed by atoms with van der Waals surface area (Å²) in [4.78, 5) is 26.1. The van der Waals surface area contributed by atoms with Gasteiger partial charge >= 0.3 is 0 Å². The second kappa shape index (κ2) is 7.74. The van der Waals surface area contributed by atoms with Crippen LogP contribution in [0, 0.1) is 5.92 Å². The molecule has 0 N–H and O–H groups in total. The predicted molar refractivity (Wildman–Crippen MR) is 87.8 cm³/mol. The van der Waals surface area contributed by atoms with Crippen LogP contribution in [-0.2, 0) is 9.59 Å². The molecule has 21 heavy (non-hydrogen) atoms. The van der Waals surface area contributed by atoms with Crippen LogP contribution in [0.3, 0.4) is 0 Å². The summed E-state index contributed by atoms with van der Waals surface area (Å²) in [6.45, 7) is 3.79. The summed E-state index contributed by atoms with van der Waals surface area (Å²) >= 11 is 11.8. The minimum absolute atomic E-state index is 0.165. The van der Waals surface area contributed by atoms with Crippen molar-refractivity contribution in [1.82, 2.24) is 4.90 Å². The van der Waals surface area contributed by atoms with E-state index in [1.54, 1.807) is 24.3 Å². The van der Waals surface area contributed by atoms with E-state index in [0.717, 1.165) is 0 Å². The van der Waals surface area contributed by atoms with Gasteiger partial charge in [-0.25, -0.2) is 0 Å². The van der Waals surface area contributed by atoms with E-state index in [1.165, 1.54) is 6.92 Å². The fraction of sp³-hybridized carbons (Fsp3) is 0.375. The topological polar surface area (TPSA) is 37.4 Å². The first kappa shape index (κ1) is 17.9. The van der Waals surface area contributed by atoms with Crippen molar-refractivity contribution < 1.29 is 9.59 Å². The molecule has 0 aliphatic rings. The molecule has 0 radical (unpaired) electrons. The molecule has 0 bridgehead atoms. The molecule has 0 heterocycles. The fourth-order valence-electron chi connectivity index (χ4n) is 2.01. The second-order valence-corrected chi connectivity index (χ2v) is 6.13. The van der Waals surface area contributed by atoms with Crippen LogP contribution in [0.25, 0.3) is 6.08 Å². The summed E-state index contributed by atoms with van der Waals surface area (Å²) in [5, 5.41) is 0.826. The largest absolute Gasteiger partial charge is 0.309 e. The third kappa shape index (κ3) is 5.27. The lowest BCUT2D eigenvalue weighted by Crippen LogP contribution is -2.28. The summed E-state index contributed by atoms with van der Waals surface area (Å²) in [5.74, 6) is -0.670. The Balaban J connectivity index is 3.11. The number of hydrogen-bond donors (Lipinski definition) is 0. The van der Waals surface area contributed by atoms with Crippen molar-refractivity contribution in [3.05, 3.63) is 39.4 Å². The van der Waals surface area contributed by atoms with E-state index in [0.29, 0.717) is 22.2 Å². The summed E-state index contributed by atoms with van der Waals surface area (Å²) < 4.78 is 0. The zero-order chi connectivity index (χ0) is 16.2. The molecule has 0 saturated heterocycles. The van der Waals surface area contributed by atoms with Crippen molar-refractivity contribution in [1.29, 1.82) is 0 Å². The minimum atomic E-state index is -0.253. The molecule has 0 unspecified atom stereocenters. The number of ketones is 2. The van der Waals surface area contributed by atoms with Crippen LogP contribution in [0.1, 0.15) is 19.4 Å². The number of nitrogens with zero attached hydrogens (tertiary/aromatic N) is 1. The second-order valence-electron chi connectivity index (χ2n) is 5.32. The molecular weight excluding hydrogens is 309 g/mol. The molecule has 3 nitrogen and oxygen atoms in total. The number of hydrogen-bond acceptors (Lipinski definition) is 3. The van der Waals surface area contributed by atoms with Crippen molar-refractivity contribution in [2.45, 2.75) is 13.8 Å². The van der Waals surface area contributed by atoms with Crippen LogP contribution in [0.4, 0.5) is 0 Å². The van der Waals surface area contributed by atoms with Gasteiger partial charge in [0.25, 0.3) is 0 Å². The molecule has 0 aromatic heterocycles. The van der Waals surface area contributed by atoms with Gasteiger partial charge in [0.1, 0.15) is 0 Å². The van der Waals surface area contributed by atoms with Crippen molar-refractivity contribution in [3.8, 4) is 0 Å². The van der Waals surface area contributed by atoms with Gasteiger partial charge in [0.15, 0.2) is 11.6 Å². The van der Waals surface area contributed by atoms with Crippen LogP contribution >= 0.6 is 23.2 Å². The van der Waals surface area contributed by atoms with E-state index in [-0.39, 0.29) is 23.1 Å². The summed E-state index contributed by atoms with van der Waals surface area (Å²) in [7, 11) is 3.78. The van der Waals surface area contributed by atoms with Gasteiger partial charge in [-0.2, -0.15) is 0 Å². The molecule has 0 fully saturated rings. The Morgan fingerprint density at radius 1 is 1.24 bits per heavy atom. The first-order valence-electron chi connectivity index (χ1n) is 6.59. The van der Waals surface area contributed by atoms with Gasteiger partial charge in [0, 0.05) is 12.5 Å². The first-order valence-corrected chi connectivity index (χ1v) is 7.34. The van der Waals surface area contributed by atoms with Crippen LogP contribution in [-0.4, -0.2) is 37.1 Å². The third-order valence-electron chi connectivity index (χ3n) is 2.99. The SMILES string of the molecule is CC(=O)/C(=C/c1ccc(Cl)c(Cl)c1)C(=O)[C@H](C)CN(C)C. The Morgan fingerprint density at radius 2 is 1.86 bits per heavy atom. The lowest BCUT2D eigenvalue weighted by atomic mass is 9.94. The first-order chi connectivity index (χ1) is 9.72. The van der Waals surface area contributed by atoms with Crippen molar-refractivity contribution in [2.75, 3.05) is 20.6 Å². The van der Waals surface area contributed by atoms with Gasteiger partial charge in [-0.05, 0) is 44.8 Å². The van der Waals surface area contributed by atoms with Crippen LogP contribution in [0.2, 0.25) is 10.0 Å².